The van der Waals surface area contributed by atoms with Gasteiger partial charge in [-0.3, -0.25) is 38.7 Å². The van der Waals surface area contributed by atoms with E-state index in [1.165, 1.54) is 180 Å². The zero-order valence-electron chi connectivity index (χ0n) is 77.7. The Labute approximate surface area is 756 Å². The number of para-hydroxylation sites is 6. The number of benzene rings is 3. The highest BCUT2D eigenvalue weighted by atomic mass is 16.6. The lowest BCUT2D eigenvalue weighted by Crippen LogP contribution is -2.59. The summed E-state index contributed by atoms with van der Waals surface area (Å²) in [5, 5.41) is 41.3. The molecule has 12 aliphatic rings. The lowest BCUT2D eigenvalue weighted by atomic mass is 9.64. The van der Waals surface area contributed by atoms with Gasteiger partial charge in [0.05, 0.1) is 45.9 Å². The van der Waals surface area contributed by atoms with Crippen LogP contribution in [0.2, 0.25) is 0 Å². The van der Waals surface area contributed by atoms with Crippen LogP contribution in [0.1, 0.15) is 313 Å². The summed E-state index contributed by atoms with van der Waals surface area (Å²) in [5.41, 5.74) is 4.29. The monoisotopic (exact) mass is 1760 g/mol. The van der Waals surface area contributed by atoms with E-state index in [4.69, 9.17) is 24.5 Å². The Bertz CT molecular complexity index is 5030. The minimum atomic E-state index is -1.31. The number of oxime groups is 3. The summed E-state index contributed by atoms with van der Waals surface area (Å²) < 4.78 is 5.82. The fourth-order valence-corrected chi connectivity index (χ4v) is 27.0. The van der Waals surface area contributed by atoms with Crippen LogP contribution in [0.25, 0.3) is 33.1 Å². The number of carboxylic acid groups (broad SMARTS) is 3. The largest absolute Gasteiger partial charge is 0.481 e. The van der Waals surface area contributed by atoms with Crippen LogP contribution >= 0.6 is 0 Å². The smallest absolute Gasteiger partial charge is 0.360 e. The van der Waals surface area contributed by atoms with E-state index in [2.05, 4.69) is 53.9 Å². The van der Waals surface area contributed by atoms with Gasteiger partial charge >= 0.3 is 17.9 Å². The van der Waals surface area contributed by atoms with Crippen molar-refractivity contribution in [2.45, 2.75) is 357 Å². The number of hydrogen-bond acceptors (Lipinski definition) is 20. The number of carbonyl (C=O) groups is 3. The Morgan fingerprint density at radius 1 is 0.391 bits per heavy atom. The van der Waals surface area contributed by atoms with Crippen molar-refractivity contribution in [2.75, 3.05) is 54.5 Å². The van der Waals surface area contributed by atoms with Crippen LogP contribution in [0, 0.1) is 47.3 Å². The van der Waals surface area contributed by atoms with Crippen molar-refractivity contribution in [2.24, 2.45) is 62.8 Å². The first-order chi connectivity index (χ1) is 62.0. The molecule has 696 valence electrons. The molecule has 6 aliphatic carbocycles. The van der Waals surface area contributed by atoms with Crippen molar-refractivity contribution in [3.63, 3.8) is 0 Å². The van der Waals surface area contributed by atoms with Crippen molar-refractivity contribution in [3.05, 3.63) is 121 Å². The van der Waals surface area contributed by atoms with Crippen LogP contribution in [0.15, 0.2) is 103 Å². The van der Waals surface area contributed by atoms with Gasteiger partial charge in [-0.15, -0.1) is 0 Å². The molecule has 26 nitrogen and oxygen atoms in total. The normalized spacial score (nSPS) is 31.0. The summed E-state index contributed by atoms with van der Waals surface area (Å²) in [6, 6.07) is 28.4. The minimum absolute atomic E-state index is 0.00244. The standard InChI is InChI=1S/C36H53N5O4.C35H51N5O4.C31H42N4O4/c1-4-24-17-25-19-26(18-24)21-29(20-25)40-27-9-7-10-28(40)23-30(22-27)41-33-12-6-5-11-31(33)37-35(36(41)44)32(13-14-34(42)43)38-45-16-8-15-39(2)3;1-4-23-16-24-18-25(17-23)20-28(19-24)39-26-8-7-9-27(39)22-29(21-26)40-32-11-6-5-10-30(32)36-34(35(40)43)31(12-13-33(41)42)37-44-15-14-38(2)3;1-19(2)39-33-29(31(37)38)28-30(36)35(27-13-6-5-12-26(27)32-28)25-17-22-10-7-11-23(18-25)34(22)24-15-20-8-3-4-9-21(14-20)16-24/h5-6,11-12,24-30H,4,7-10,13-23H2,1-3H3,(H,42,43);5-6,10-11,23-29H,4,7-9,12-22H2,1-3H3,(H,41,42);5-6,12-13,19-25H,3-4,7-11,14-18H2,1-2H3,(H,37,38)/b38-32+;37-31+;33-29-/t24?,25-,26+,27-,28+,29?,30?;23?,24-,25+,26-,27+,28?,29?;20-,21+,22-,23+,24?,25?. The summed E-state index contributed by atoms with van der Waals surface area (Å²) in [6.07, 6.45) is 43.3. The van der Waals surface area contributed by atoms with Gasteiger partial charge in [-0.05, 0) is 293 Å². The first-order valence-corrected chi connectivity index (χ1v) is 49.9. The molecule has 0 amide bonds. The molecule has 18 rings (SSSR count). The molecule has 128 heavy (non-hydrogen) atoms. The van der Waals surface area contributed by atoms with Crippen molar-refractivity contribution in [3.8, 4) is 0 Å². The van der Waals surface area contributed by atoms with E-state index >= 15 is 0 Å². The highest BCUT2D eigenvalue weighted by Gasteiger charge is 2.51. The zero-order chi connectivity index (χ0) is 89.4. The van der Waals surface area contributed by atoms with Crippen molar-refractivity contribution in [1.29, 1.82) is 0 Å². The molecule has 26 heteroatoms. The average Bonchev–Trinajstić information content (AvgIpc) is 0.798. The summed E-state index contributed by atoms with van der Waals surface area (Å²) in [4.78, 5) is 121. The Morgan fingerprint density at radius 3 is 1.07 bits per heavy atom. The van der Waals surface area contributed by atoms with Crippen LogP contribution in [-0.4, -0.2) is 218 Å². The number of piperidine rings is 6. The molecular weight excluding hydrogens is 1610 g/mol. The van der Waals surface area contributed by atoms with Crippen LogP contribution < -0.4 is 16.7 Å². The second-order valence-electron chi connectivity index (χ2n) is 41.7. The number of nitrogens with zero attached hydrogens (tertiary/aromatic N) is 14. The second kappa shape index (κ2) is 42.5. The number of aliphatic carboxylic acids is 3. The van der Waals surface area contributed by atoms with E-state index in [0.717, 1.165) is 126 Å². The first kappa shape index (κ1) is 93.0. The maximum Gasteiger partial charge on any atom is 0.360 e. The van der Waals surface area contributed by atoms with E-state index < -0.39 is 23.6 Å². The van der Waals surface area contributed by atoms with E-state index in [9.17, 15) is 44.1 Å². The highest BCUT2D eigenvalue weighted by molar-refractivity contribution is 6.41. The molecule has 0 radical (unpaired) electrons. The van der Waals surface area contributed by atoms with Gasteiger partial charge in [0.2, 0.25) is 5.71 Å². The molecule has 6 saturated carbocycles. The average molecular weight is 1760 g/mol. The lowest BCUT2D eigenvalue weighted by Gasteiger charge is -2.56. The SMILES string of the molecule is CC(C)O/N=C(\C(=O)O)c1nc2ccccc2n(C2C[C@H]3CCC[C@@H](C2)N3C2C[C@H]3CCCC[C@@H](C2)C3)c1=O.CCC1C[C@@H]2CC(N3[C@@H]4CCC[C@H]3CC(n3c(=O)c(/C(CCC(=O)O)=N/OCCCN(C)C)nc5ccccc53)C4)C[C@H](C1)C2.CCC1C[C@@H]2CC(N3[C@@H]4CCC[C@H]3CC(n3c(=O)c(/C(CCC(=O)O)=N/OCCN(C)C)nc5ccccc53)C4)C[C@H](C1)C2. The van der Waals surface area contributed by atoms with E-state index in [1.807, 2.05) is 120 Å². The van der Waals surface area contributed by atoms with Crippen molar-refractivity contribution < 1.29 is 44.2 Å². The van der Waals surface area contributed by atoms with Gasteiger partial charge in [0, 0.05) is 98.4 Å². The fraction of sp³-hybridized carbons (Fsp3) is 0.706. The van der Waals surface area contributed by atoms with Gasteiger partial charge in [0.1, 0.15) is 30.7 Å². The third-order valence-corrected chi connectivity index (χ3v) is 32.0. The number of rotatable bonds is 29. The molecule has 6 aliphatic heterocycles. The Hall–Kier alpha value is -8.30. The predicted molar refractivity (Wildman–Crippen MR) is 502 cm³/mol. The van der Waals surface area contributed by atoms with Crippen LogP contribution in [0.5, 0.6) is 0 Å². The summed E-state index contributed by atoms with van der Waals surface area (Å²) in [6.45, 7) is 10.5. The number of aromatic nitrogens is 6. The topological polar surface area (TPSA) is 298 Å². The van der Waals surface area contributed by atoms with Crippen LogP contribution in [0.3, 0.4) is 0 Å². The molecule has 3 aromatic heterocycles. The maximum atomic E-state index is 14.4. The summed E-state index contributed by atoms with van der Waals surface area (Å²) in [7, 11) is 7.90. The number of hydrogen-bond donors (Lipinski definition) is 3. The van der Waals surface area contributed by atoms with Gasteiger partial charge in [-0.2, -0.15) is 0 Å². The lowest BCUT2D eigenvalue weighted by molar-refractivity contribution is -0.137. The van der Waals surface area contributed by atoms with E-state index in [1.54, 1.807) is 13.8 Å². The maximum absolute atomic E-state index is 14.4. The van der Waals surface area contributed by atoms with E-state index in [-0.39, 0.29) is 83.7 Å². The van der Waals surface area contributed by atoms with Crippen LogP contribution in [-0.2, 0) is 28.9 Å². The van der Waals surface area contributed by atoms with Crippen molar-refractivity contribution >= 4 is 68.1 Å². The molecule has 20 atom stereocenters. The molecule has 8 unspecified atom stereocenters. The van der Waals surface area contributed by atoms with Gasteiger partial charge < -0.3 is 53.3 Å². The zero-order valence-corrected chi connectivity index (χ0v) is 77.7. The number of fused-ring (bicyclic) bond motifs is 15. The molecule has 6 aromatic rings. The predicted octanol–water partition coefficient (Wildman–Crippen LogP) is 17.3. The molecule has 12 fully saturated rings. The molecule has 3 N–H and O–H groups in total. The van der Waals surface area contributed by atoms with Crippen molar-refractivity contribution in [1.82, 2.24) is 53.2 Å². The van der Waals surface area contributed by atoms with Gasteiger partial charge in [-0.25, -0.2) is 19.7 Å². The summed E-state index contributed by atoms with van der Waals surface area (Å²) >= 11 is 0. The van der Waals surface area contributed by atoms with Gasteiger partial charge in [0.25, 0.3) is 16.7 Å². The molecule has 12 bridgehead atoms. The van der Waals surface area contributed by atoms with Crippen LogP contribution in [0.4, 0.5) is 0 Å². The molecule has 6 saturated heterocycles. The van der Waals surface area contributed by atoms with Gasteiger partial charge in [0.15, 0.2) is 17.1 Å². The fourth-order valence-electron chi connectivity index (χ4n) is 27.0. The quantitative estimate of drug-likeness (QED) is 0.0223. The molecule has 0 spiro atoms. The molecule has 9 heterocycles. The third kappa shape index (κ3) is 21.7. The molecular formula is C102H146N14O12. The Morgan fingerprint density at radius 2 is 0.727 bits per heavy atom. The number of likely N-dealkylation sites (N-methyl/N-ethyl adjacent to an activating group) is 1. The third-order valence-electron chi connectivity index (χ3n) is 32.0. The Kier molecular flexibility index (Phi) is 30.9. The second-order valence-corrected chi connectivity index (χ2v) is 41.7. The number of carboxylic acids is 3. The minimum Gasteiger partial charge on any atom is -0.481 e. The highest BCUT2D eigenvalue weighted by Crippen LogP contribution is 2.53. The van der Waals surface area contributed by atoms with E-state index in [0.29, 0.717) is 91.1 Å². The Balaban J connectivity index is 0.000000141. The first-order valence-electron chi connectivity index (χ1n) is 49.9. The van der Waals surface area contributed by atoms with Gasteiger partial charge in [-0.1, -0.05) is 124 Å². The summed E-state index contributed by atoms with van der Waals surface area (Å²) in [5.74, 6) is 3.95. The molecule has 3 aromatic carbocycles.